The molecule has 40 heavy (non-hydrogen) atoms. The maximum atomic E-state index is 13.7. The molecule has 12 nitrogen and oxygen atoms in total. The summed E-state index contributed by atoms with van der Waals surface area (Å²) < 4.78 is 34.0. The number of aliphatic hydroxyl groups excluding tert-OH is 1. The molecule has 5 rings (SSSR count). The highest BCUT2D eigenvalue weighted by Crippen LogP contribution is 2.38. The zero-order valence-electron chi connectivity index (χ0n) is 22.4. The first-order valence-electron chi connectivity index (χ1n) is 12.8. The number of hydrogen-bond acceptors (Lipinski definition) is 10. The van der Waals surface area contributed by atoms with Crippen molar-refractivity contribution < 1.29 is 23.1 Å². The molecule has 3 aromatic heterocycles. The van der Waals surface area contributed by atoms with Crippen LogP contribution >= 0.6 is 0 Å². The fourth-order valence-electron chi connectivity index (χ4n) is 4.74. The molecule has 0 aliphatic carbocycles. The predicted octanol–water partition coefficient (Wildman–Crippen LogP) is 2.78. The van der Waals surface area contributed by atoms with E-state index in [1.165, 1.54) is 30.7 Å². The van der Waals surface area contributed by atoms with Crippen LogP contribution in [-0.4, -0.2) is 69.4 Å². The summed E-state index contributed by atoms with van der Waals surface area (Å²) in [5.74, 6) is 0.0393. The molecule has 4 heterocycles. The minimum absolute atomic E-state index is 0.0393. The molecule has 0 radical (unpaired) electrons. The van der Waals surface area contributed by atoms with Crippen molar-refractivity contribution in [1.82, 2.24) is 24.2 Å². The van der Waals surface area contributed by atoms with Gasteiger partial charge < -0.3 is 25.8 Å². The van der Waals surface area contributed by atoms with Gasteiger partial charge in [0.1, 0.15) is 5.60 Å². The molecule has 13 heteroatoms. The van der Waals surface area contributed by atoms with Crippen molar-refractivity contribution in [1.29, 1.82) is 0 Å². The summed E-state index contributed by atoms with van der Waals surface area (Å²) in [6.07, 6.45) is 3.47. The van der Waals surface area contributed by atoms with Gasteiger partial charge in [0.05, 0.1) is 33.8 Å². The van der Waals surface area contributed by atoms with Crippen molar-refractivity contribution in [2.75, 3.05) is 23.7 Å². The highest BCUT2D eigenvalue weighted by molar-refractivity contribution is 7.90. The fourth-order valence-corrected chi connectivity index (χ4v) is 6.08. The van der Waals surface area contributed by atoms with E-state index in [0.717, 1.165) is 3.97 Å². The second kappa shape index (κ2) is 10.4. The number of amides is 1. The lowest BCUT2D eigenvalue weighted by molar-refractivity contribution is 0.0399. The number of carbonyl (C=O) groups excluding carboxylic acids is 1. The van der Waals surface area contributed by atoms with Gasteiger partial charge in [-0.1, -0.05) is 18.2 Å². The molecule has 210 valence electrons. The quantitative estimate of drug-likeness (QED) is 0.327. The number of nitrogen functional groups attached to an aromatic ring is 1. The molecule has 1 amide bonds. The van der Waals surface area contributed by atoms with Crippen molar-refractivity contribution in [3.63, 3.8) is 0 Å². The Balaban J connectivity index is 1.62. The number of fused-ring (bicyclic) bond motifs is 1. The molecule has 1 fully saturated rings. The number of nitrogens with one attached hydrogen (secondary N) is 1. The minimum atomic E-state index is -4.02. The lowest BCUT2D eigenvalue weighted by Gasteiger charge is -2.38. The van der Waals surface area contributed by atoms with Gasteiger partial charge in [0.15, 0.2) is 5.65 Å². The number of anilines is 2. The molecule has 2 atom stereocenters. The number of carbonyl (C=O) groups is 1. The number of benzene rings is 1. The van der Waals surface area contributed by atoms with E-state index in [0.29, 0.717) is 35.3 Å². The third-order valence-electron chi connectivity index (χ3n) is 6.50. The molecule has 0 spiro atoms. The summed E-state index contributed by atoms with van der Waals surface area (Å²) in [4.78, 5) is 27.3. The van der Waals surface area contributed by atoms with E-state index in [2.05, 4.69) is 20.3 Å². The summed E-state index contributed by atoms with van der Waals surface area (Å²) >= 11 is 0. The number of rotatable bonds is 5. The first-order valence-corrected chi connectivity index (χ1v) is 14.2. The molecule has 0 bridgehead atoms. The summed E-state index contributed by atoms with van der Waals surface area (Å²) in [5, 5.41) is 14.0. The number of alkyl carbamates (subject to hydrolysis) is 1. The molecule has 1 aliphatic rings. The number of hydrogen-bond donors (Lipinski definition) is 3. The first kappa shape index (κ1) is 27.3. The molecule has 0 unspecified atom stereocenters. The van der Waals surface area contributed by atoms with Gasteiger partial charge in [0.2, 0.25) is 5.95 Å². The number of ether oxygens (including phenoxy) is 1. The standard InChI is InChI=1S/C27H31N7O5S/c1-27(2,3)39-26(36)32-20-16-33(14-11-22(20)35)21-10-13-29-24-23(21)18(19-9-12-30-25(28)31-19)15-34(24)40(37,38)17-7-5-4-6-8-17/h4-10,12-13,15,20,22,35H,11,14,16H2,1-3H3,(H,32,36)(H2,28,30,31)/t20-,22-/m0/s1. The Labute approximate surface area is 231 Å². The smallest absolute Gasteiger partial charge is 0.408 e. The number of pyridine rings is 1. The summed E-state index contributed by atoms with van der Waals surface area (Å²) in [5.41, 5.74) is 6.98. The Bertz CT molecular complexity index is 1650. The Kier molecular flexibility index (Phi) is 7.10. The minimum Gasteiger partial charge on any atom is -0.444 e. The molecular formula is C27H31N7O5S. The molecule has 1 aliphatic heterocycles. The molecule has 1 aromatic carbocycles. The highest BCUT2D eigenvalue weighted by Gasteiger charge is 2.33. The number of nitrogens with two attached hydrogens (primary N) is 1. The maximum absolute atomic E-state index is 13.7. The van der Waals surface area contributed by atoms with E-state index in [9.17, 15) is 18.3 Å². The van der Waals surface area contributed by atoms with Crippen molar-refractivity contribution in [3.8, 4) is 11.3 Å². The summed E-state index contributed by atoms with van der Waals surface area (Å²) in [6, 6.07) is 10.9. The second-order valence-corrected chi connectivity index (χ2v) is 12.4. The molecule has 1 saturated heterocycles. The van der Waals surface area contributed by atoms with Gasteiger partial charge >= 0.3 is 6.09 Å². The van der Waals surface area contributed by atoms with Crippen LogP contribution in [0, 0.1) is 0 Å². The van der Waals surface area contributed by atoms with Crippen LogP contribution in [0.3, 0.4) is 0 Å². The van der Waals surface area contributed by atoms with E-state index in [1.807, 2.05) is 4.90 Å². The monoisotopic (exact) mass is 565 g/mol. The number of aliphatic hydroxyl groups is 1. The second-order valence-electron chi connectivity index (χ2n) is 10.5. The van der Waals surface area contributed by atoms with Gasteiger partial charge in [-0.05, 0) is 51.5 Å². The van der Waals surface area contributed by atoms with E-state index < -0.39 is 33.9 Å². The fraction of sp³-hybridized carbons (Fsp3) is 0.333. The third kappa shape index (κ3) is 5.42. The van der Waals surface area contributed by atoms with Crippen LogP contribution in [0.15, 0.2) is 66.0 Å². The van der Waals surface area contributed by atoms with Crippen LogP contribution in [0.1, 0.15) is 27.2 Å². The average Bonchev–Trinajstić information content (AvgIpc) is 3.30. The van der Waals surface area contributed by atoms with Crippen LogP contribution < -0.4 is 16.0 Å². The lowest BCUT2D eigenvalue weighted by atomic mass is 10.0. The number of piperidine rings is 1. The Morgan fingerprint density at radius 2 is 1.85 bits per heavy atom. The largest absolute Gasteiger partial charge is 0.444 e. The van der Waals surface area contributed by atoms with Gasteiger partial charge in [-0.15, -0.1) is 0 Å². The Morgan fingerprint density at radius 1 is 1.12 bits per heavy atom. The van der Waals surface area contributed by atoms with Crippen LogP contribution in [0.5, 0.6) is 0 Å². The molecule has 4 N–H and O–H groups in total. The predicted molar refractivity (Wildman–Crippen MR) is 150 cm³/mol. The topological polar surface area (TPSA) is 166 Å². The summed E-state index contributed by atoms with van der Waals surface area (Å²) in [6.45, 7) is 5.99. The van der Waals surface area contributed by atoms with Crippen LogP contribution in [0.25, 0.3) is 22.3 Å². The molecule has 4 aromatic rings. The van der Waals surface area contributed by atoms with Crippen molar-refractivity contribution in [3.05, 3.63) is 61.1 Å². The zero-order valence-corrected chi connectivity index (χ0v) is 23.2. The zero-order chi connectivity index (χ0) is 28.7. The third-order valence-corrected chi connectivity index (χ3v) is 8.17. The molecule has 0 saturated carbocycles. The van der Waals surface area contributed by atoms with E-state index >= 15 is 0 Å². The van der Waals surface area contributed by atoms with Gasteiger partial charge in [-0.2, -0.15) is 0 Å². The van der Waals surface area contributed by atoms with Gasteiger partial charge in [0, 0.05) is 37.2 Å². The van der Waals surface area contributed by atoms with E-state index in [4.69, 9.17) is 10.5 Å². The normalized spacial score (nSPS) is 18.1. The average molecular weight is 566 g/mol. The van der Waals surface area contributed by atoms with Crippen molar-refractivity contribution in [2.45, 2.75) is 49.8 Å². The van der Waals surface area contributed by atoms with Gasteiger partial charge in [0.25, 0.3) is 10.0 Å². The van der Waals surface area contributed by atoms with E-state index in [1.54, 1.807) is 51.1 Å². The van der Waals surface area contributed by atoms with Crippen LogP contribution in [-0.2, 0) is 14.8 Å². The maximum Gasteiger partial charge on any atom is 0.408 e. The van der Waals surface area contributed by atoms with Crippen LogP contribution in [0.2, 0.25) is 0 Å². The van der Waals surface area contributed by atoms with Crippen molar-refractivity contribution >= 4 is 38.8 Å². The van der Waals surface area contributed by atoms with Gasteiger partial charge in [-0.25, -0.2) is 32.1 Å². The Morgan fingerprint density at radius 3 is 2.55 bits per heavy atom. The summed E-state index contributed by atoms with van der Waals surface area (Å²) in [7, 11) is -4.02. The SMILES string of the molecule is CC(C)(C)OC(=O)N[C@H]1CN(c2ccnc3c2c(-c2ccnc(N)n2)cn3S(=O)(=O)c2ccccc2)CC[C@@H]1O. The first-order chi connectivity index (χ1) is 18.9. The lowest BCUT2D eigenvalue weighted by Crippen LogP contribution is -2.56. The molecular weight excluding hydrogens is 534 g/mol. The number of aromatic nitrogens is 4. The number of nitrogens with zero attached hydrogens (tertiary/aromatic N) is 5. The van der Waals surface area contributed by atoms with E-state index in [-0.39, 0.29) is 23.0 Å². The van der Waals surface area contributed by atoms with Crippen molar-refractivity contribution in [2.24, 2.45) is 0 Å². The van der Waals surface area contributed by atoms with Crippen LogP contribution in [0.4, 0.5) is 16.4 Å². The Hall–Kier alpha value is -4.23. The van der Waals surface area contributed by atoms with Gasteiger partial charge in [-0.3, -0.25) is 0 Å². The highest BCUT2D eigenvalue weighted by atomic mass is 32.2.